The molecule has 2 unspecified atom stereocenters. The zero-order valence-corrected chi connectivity index (χ0v) is 30.9. The molecule has 0 aliphatic heterocycles. The van der Waals surface area contributed by atoms with Crippen molar-refractivity contribution in [1.82, 2.24) is 0 Å². The highest BCUT2D eigenvalue weighted by Gasteiger charge is 2.36. The van der Waals surface area contributed by atoms with E-state index in [1.807, 2.05) is 0 Å². The summed E-state index contributed by atoms with van der Waals surface area (Å²) in [5.74, 6) is 0.409. The second-order valence-electron chi connectivity index (χ2n) is 15.2. The molecule has 0 fully saturated rings. The van der Waals surface area contributed by atoms with Gasteiger partial charge in [-0.25, -0.2) is 0 Å². The summed E-state index contributed by atoms with van der Waals surface area (Å²) in [5.41, 5.74) is 23.5. The van der Waals surface area contributed by atoms with Crippen molar-refractivity contribution in [3.05, 3.63) is 252 Å². The molecular weight excluding hydrogens is 673 g/mol. The van der Waals surface area contributed by atoms with Crippen LogP contribution >= 0.6 is 0 Å². The third-order valence-electron chi connectivity index (χ3n) is 12.0. The lowest BCUT2D eigenvalue weighted by Gasteiger charge is -2.19. The fourth-order valence-corrected chi connectivity index (χ4v) is 9.38. The summed E-state index contributed by atoms with van der Waals surface area (Å²) in [7, 11) is 0. The predicted molar refractivity (Wildman–Crippen MR) is 234 cm³/mol. The molecule has 56 heavy (non-hydrogen) atoms. The fraction of sp³-hybridized carbons (Fsp3) is 0.0357. The second-order valence-corrected chi connectivity index (χ2v) is 15.2. The topological polar surface area (TPSA) is 0 Å². The Kier molecular flexibility index (Phi) is 7.74. The van der Waals surface area contributed by atoms with Crippen molar-refractivity contribution < 1.29 is 0 Å². The van der Waals surface area contributed by atoms with Crippen LogP contribution in [0.3, 0.4) is 0 Å². The molecule has 2 atom stereocenters. The van der Waals surface area contributed by atoms with Crippen LogP contribution in [0.15, 0.2) is 218 Å². The van der Waals surface area contributed by atoms with Gasteiger partial charge in [-0.2, -0.15) is 0 Å². The van der Waals surface area contributed by atoms with Crippen molar-refractivity contribution in [1.29, 1.82) is 0 Å². The molecule has 0 heteroatoms. The summed E-state index contributed by atoms with van der Waals surface area (Å²) in [5, 5.41) is 0. The van der Waals surface area contributed by atoms with Gasteiger partial charge in [0.15, 0.2) is 0 Å². The summed E-state index contributed by atoms with van der Waals surface area (Å²) in [4.78, 5) is 0. The zero-order valence-electron chi connectivity index (χ0n) is 30.9. The SMILES string of the molecule is c1ccc(-c2cc(-c3ccccc3)cc(-c3ccc(-c4ccc(C5c6ccccc6-c6cc7c(cc65)C(c5ccccc5)c5ccccc5-7)cc4)cc3)c2)cc1. The first-order chi connectivity index (χ1) is 27.8. The average molecular weight is 711 g/mol. The minimum Gasteiger partial charge on any atom is -0.0622 e. The number of rotatable bonds is 6. The molecule has 0 bridgehead atoms. The molecule has 0 radical (unpaired) electrons. The molecule has 0 saturated carbocycles. The van der Waals surface area contributed by atoms with Crippen LogP contribution in [0.2, 0.25) is 0 Å². The monoisotopic (exact) mass is 710 g/mol. The Morgan fingerprint density at radius 2 is 0.536 bits per heavy atom. The number of fused-ring (bicyclic) bond motifs is 6. The fourth-order valence-electron chi connectivity index (χ4n) is 9.38. The molecule has 0 aromatic heterocycles. The molecule has 0 amide bonds. The lowest BCUT2D eigenvalue weighted by Crippen LogP contribution is -2.02. The molecule has 0 spiro atoms. The Morgan fingerprint density at radius 1 is 0.196 bits per heavy atom. The maximum atomic E-state index is 2.54. The second kappa shape index (κ2) is 13.4. The molecular formula is C56H38. The summed E-state index contributed by atoms with van der Waals surface area (Å²) >= 11 is 0. The molecule has 262 valence electrons. The predicted octanol–water partition coefficient (Wildman–Crippen LogP) is 14.7. The highest BCUT2D eigenvalue weighted by molar-refractivity contribution is 5.90. The maximum absolute atomic E-state index is 2.54. The van der Waals surface area contributed by atoms with Gasteiger partial charge in [0.05, 0.1) is 0 Å². The van der Waals surface area contributed by atoms with E-state index in [-0.39, 0.29) is 11.8 Å². The van der Waals surface area contributed by atoms with E-state index < -0.39 is 0 Å². The van der Waals surface area contributed by atoms with Crippen molar-refractivity contribution in [2.45, 2.75) is 11.8 Å². The summed E-state index contributed by atoms with van der Waals surface area (Å²) in [6, 6.07) is 80.8. The number of hydrogen-bond donors (Lipinski definition) is 0. The van der Waals surface area contributed by atoms with Crippen LogP contribution in [0.4, 0.5) is 0 Å². The molecule has 11 rings (SSSR count). The van der Waals surface area contributed by atoms with Gasteiger partial charge in [0.2, 0.25) is 0 Å². The largest absolute Gasteiger partial charge is 0.0622 e. The van der Waals surface area contributed by atoms with Crippen molar-refractivity contribution in [2.24, 2.45) is 0 Å². The third-order valence-corrected chi connectivity index (χ3v) is 12.0. The van der Waals surface area contributed by atoms with E-state index in [1.54, 1.807) is 0 Å². The lowest BCUT2D eigenvalue weighted by molar-refractivity contribution is 0.982. The molecule has 0 N–H and O–H groups in total. The van der Waals surface area contributed by atoms with Crippen LogP contribution in [-0.4, -0.2) is 0 Å². The van der Waals surface area contributed by atoms with Gasteiger partial charge >= 0.3 is 0 Å². The van der Waals surface area contributed by atoms with Crippen LogP contribution in [0.5, 0.6) is 0 Å². The van der Waals surface area contributed by atoms with E-state index in [4.69, 9.17) is 0 Å². The lowest BCUT2D eigenvalue weighted by atomic mass is 9.84. The van der Waals surface area contributed by atoms with E-state index in [0.717, 1.165) is 0 Å². The van der Waals surface area contributed by atoms with Crippen molar-refractivity contribution in [3.63, 3.8) is 0 Å². The van der Waals surface area contributed by atoms with Crippen LogP contribution in [0, 0.1) is 0 Å². The van der Waals surface area contributed by atoms with Gasteiger partial charge in [0.1, 0.15) is 0 Å². The summed E-state index contributed by atoms with van der Waals surface area (Å²) < 4.78 is 0. The quantitative estimate of drug-likeness (QED) is 0.161. The van der Waals surface area contributed by atoms with Crippen LogP contribution in [0.1, 0.15) is 45.2 Å². The molecule has 2 aliphatic rings. The molecule has 2 aliphatic carbocycles. The van der Waals surface area contributed by atoms with Crippen LogP contribution < -0.4 is 0 Å². The van der Waals surface area contributed by atoms with Crippen molar-refractivity contribution in [2.75, 3.05) is 0 Å². The minimum atomic E-state index is 0.179. The van der Waals surface area contributed by atoms with Gasteiger partial charge in [0, 0.05) is 11.8 Å². The normalized spacial score (nSPS) is 14.8. The molecule has 0 nitrogen and oxygen atoms in total. The summed E-state index contributed by atoms with van der Waals surface area (Å²) in [6.45, 7) is 0. The maximum Gasteiger partial charge on any atom is 0.0352 e. The molecule has 9 aromatic carbocycles. The van der Waals surface area contributed by atoms with Gasteiger partial charge in [-0.3, -0.25) is 0 Å². The standard InChI is InChI=1S/C56H38/c1-4-14-37(15-5-1)44-32-45(38-16-6-2-7-17-38)34-46(33-44)41-26-24-39(25-27-41)40-28-30-43(31-29-40)56-50-23-13-11-21-48(50)52-35-51-47-20-10-12-22-49(47)55(53(51)36-54(52)56)42-18-8-3-9-19-42/h1-36,55-56H. The Labute approximate surface area is 329 Å². The van der Waals surface area contributed by atoms with E-state index in [9.17, 15) is 0 Å². The molecule has 0 heterocycles. The summed E-state index contributed by atoms with van der Waals surface area (Å²) in [6.07, 6.45) is 0. The highest BCUT2D eigenvalue weighted by atomic mass is 14.4. The Morgan fingerprint density at radius 3 is 1.00 bits per heavy atom. The Hall–Kier alpha value is -7.02. The average Bonchev–Trinajstić information content (AvgIpc) is 3.78. The minimum absolute atomic E-state index is 0.179. The van der Waals surface area contributed by atoms with E-state index in [1.165, 1.54) is 100 Å². The smallest absolute Gasteiger partial charge is 0.0352 e. The van der Waals surface area contributed by atoms with Gasteiger partial charge in [-0.1, -0.05) is 194 Å². The first kappa shape index (κ1) is 32.4. The van der Waals surface area contributed by atoms with Gasteiger partial charge in [0.25, 0.3) is 0 Å². The zero-order chi connectivity index (χ0) is 37.0. The Balaban J connectivity index is 0.944. The van der Waals surface area contributed by atoms with Crippen molar-refractivity contribution in [3.8, 4) is 66.8 Å². The van der Waals surface area contributed by atoms with E-state index >= 15 is 0 Å². The molecule has 0 saturated heterocycles. The number of benzene rings is 9. The van der Waals surface area contributed by atoms with E-state index in [2.05, 4.69) is 218 Å². The highest BCUT2D eigenvalue weighted by Crippen LogP contribution is 2.55. The van der Waals surface area contributed by atoms with Gasteiger partial charge < -0.3 is 0 Å². The first-order valence-corrected chi connectivity index (χ1v) is 19.6. The first-order valence-electron chi connectivity index (χ1n) is 19.6. The third kappa shape index (κ3) is 5.45. The van der Waals surface area contributed by atoms with Crippen LogP contribution in [0.25, 0.3) is 66.8 Å². The Bertz CT molecular complexity index is 2810. The van der Waals surface area contributed by atoms with Gasteiger partial charge in [-0.05, 0) is 124 Å². The van der Waals surface area contributed by atoms with E-state index in [0.29, 0.717) is 0 Å². The number of hydrogen-bond acceptors (Lipinski definition) is 0. The van der Waals surface area contributed by atoms with Crippen molar-refractivity contribution >= 4 is 0 Å². The molecule has 9 aromatic rings. The van der Waals surface area contributed by atoms with Gasteiger partial charge in [-0.15, -0.1) is 0 Å². The van der Waals surface area contributed by atoms with Crippen LogP contribution in [-0.2, 0) is 0 Å².